The van der Waals surface area contributed by atoms with E-state index in [9.17, 15) is 9.46 Å². The van der Waals surface area contributed by atoms with Crippen LogP contribution in [-0.4, -0.2) is 36.8 Å². The third-order valence-electron chi connectivity index (χ3n) is 0.332. The van der Waals surface area contributed by atoms with Gasteiger partial charge in [0, 0.05) is 13.8 Å². The van der Waals surface area contributed by atoms with Gasteiger partial charge in [0.05, 0.1) is 0 Å². The summed E-state index contributed by atoms with van der Waals surface area (Å²) >= 11 is 0. The Morgan fingerprint density at radius 1 is 1.62 bits per heavy atom. The molecule has 0 saturated carbocycles. The van der Waals surface area contributed by atoms with Crippen LogP contribution >= 0.6 is 7.60 Å². The van der Waals surface area contributed by atoms with E-state index in [1.54, 1.807) is 0 Å². The molecule has 0 aliphatic rings. The Hall–Kier alpha value is 0.916. The van der Waals surface area contributed by atoms with E-state index in [0.29, 0.717) is 0 Å². The van der Waals surface area contributed by atoms with Gasteiger partial charge >= 0.3 is 23.1 Å². The summed E-state index contributed by atoms with van der Waals surface area (Å²) in [6.07, 6.45) is 0. The largest absolute Gasteiger partial charge is 2.00 e. The molecule has 5 heteroatoms. The molecule has 1 atom stereocenters. The average Bonchev–Trinajstić information content (AvgIpc) is 1.35. The van der Waals surface area contributed by atoms with Crippen LogP contribution in [0, 0.1) is 7.43 Å². The van der Waals surface area contributed by atoms with Crippen molar-refractivity contribution in [2.24, 2.45) is 0 Å². The van der Waals surface area contributed by atoms with E-state index in [2.05, 4.69) is 4.52 Å². The zero-order valence-corrected chi connectivity index (χ0v) is 7.69. The fourth-order valence-corrected chi connectivity index (χ4v) is 0. The molecule has 0 aromatic heterocycles. The van der Waals surface area contributed by atoms with Crippen molar-refractivity contribution in [1.29, 1.82) is 0 Å². The van der Waals surface area contributed by atoms with E-state index in [1.807, 2.05) is 0 Å². The summed E-state index contributed by atoms with van der Waals surface area (Å²) in [7, 11) is -2.26. The minimum atomic E-state index is -3.40. The first kappa shape index (κ1) is 16.0. The third kappa shape index (κ3) is 15.8. The Kier molecular flexibility index (Phi) is 12.1. The van der Waals surface area contributed by atoms with Crippen LogP contribution < -0.4 is 4.89 Å². The van der Waals surface area contributed by atoms with Crippen molar-refractivity contribution in [3.05, 3.63) is 7.43 Å². The zero-order chi connectivity index (χ0) is 5.21. The first-order chi connectivity index (χ1) is 2.56. The molecule has 0 N–H and O–H groups in total. The minimum Gasteiger partial charge on any atom is -0.779 e. The summed E-state index contributed by atoms with van der Waals surface area (Å²) in [6, 6.07) is 0. The van der Waals surface area contributed by atoms with Crippen molar-refractivity contribution in [2.75, 3.05) is 13.8 Å². The van der Waals surface area contributed by atoms with Crippen molar-refractivity contribution in [1.82, 2.24) is 0 Å². The third-order valence-corrected chi connectivity index (χ3v) is 0.995. The predicted octanol–water partition coefficient (Wildman–Crippen LogP) is -0.115. The van der Waals surface area contributed by atoms with E-state index in [1.165, 1.54) is 0 Å². The van der Waals surface area contributed by atoms with Crippen LogP contribution in [0.15, 0.2) is 0 Å². The maximum atomic E-state index is 9.81. The molecule has 1 unspecified atom stereocenters. The minimum absolute atomic E-state index is 0. The van der Waals surface area contributed by atoms with Gasteiger partial charge in [-0.05, 0) is 0 Å². The monoisotopic (exact) mass is 148 g/mol. The van der Waals surface area contributed by atoms with Gasteiger partial charge in [0.2, 0.25) is 0 Å². The Bertz CT molecular complexity index is 78.6. The van der Waals surface area contributed by atoms with Crippen molar-refractivity contribution in [3.63, 3.8) is 0 Å². The first-order valence-corrected chi connectivity index (χ1v) is 3.39. The smallest absolute Gasteiger partial charge is 0.779 e. The van der Waals surface area contributed by atoms with Crippen molar-refractivity contribution >= 4 is 30.6 Å². The second kappa shape index (κ2) is 6.04. The van der Waals surface area contributed by atoms with Crippen LogP contribution in [0.25, 0.3) is 0 Å². The molecule has 0 aromatic carbocycles. The molecule has 0 spiro atoms. The first-order valence-electron chi connectivity index (χ1n) is 1.40. The number of hydrogen-bond donors (Lipinski definition) is 0. The van der Waals surface area contributed by atoms with Gasteiger partial charge < -0.3 is 21.4 Å². The number of rotatable bonds is 1. The van der Waals surface area contributed by atoms with Crippen LogP contribution in [0.4, 0.5) is 0 Å². The van der Waals surface area contributed by atoms with E-state index in [-0.39, 0.29) is 30.5 Å². The number of hydrogen-bond acceptors (Lipinski definition) is 3. The molecular weight excluding hydrogens is 139 g/mol. The molecule has 0 aromatic rings. The SMILES string of the molecule is COP(C)(=O)[O-].[CH3-].[Mg+2]. The fourth-order valence-electron chi connectivity index (χ4n) is 0. The summed E-state index contributed by atoms with van der Waals surface area (Å²) in [5.74, 6) is 0. The molecule has 0 aliphatic heterocycles. The molecule has 0 heterocycles. The maximum Gasteiger partial charge on any atom is 2.00 e. The molecule has 0 radical (unpaired) electrons. The normalized spacial score (nSPS) is 14.9. The molecule has 0 aliphatic carbocycles. The van der Waals surface area contributed by atoms with Gasteiger partial charge in [-0.3, -0.25) is 0 Å². The molecule has 0 saturated heterocycles. The summed E-state index contributed by atoms with van der Waals surface area (Å²) in [4.78, 5) is 9.81. The molecule has 46 valence electrons. The molecule has 0 bridgehead atoms. The van der Waals surface area contributed by atoms with Crippen molar-refractivity contribution < 1.29 is 14.0 Å². The molecule has 0 rings (SSSR count). The molecule has 0 amide bonds. The van der Waals surface area contributed by atoms with Crippen molar-refractivity contribution in [2.45, 2.75) is 0 Å². The standard InChI is InChI=1S/C2H7O3P.CH3.Mg/c1-5-6(2,3)4;;/h1-2H3,(H,3,4);1H3;/q;-1;+2/p-1. The Morgan fingerprint density at radius 2 is 1.75 bits per heavy atom. The summed E-state index contributed by atoms with van der Waals surface area (Å²) in [5, 5.41) is 0. The Morgan fingerprint density at radius 3 is 1.75 bits per heavy atom. The molecule has 0 fully saturated rings. The summed E-state index contributed by atoms with van der Waals surface area (Å²) in [6.45, 7) is 1.02. The molecular formula is C3H9MgO3P. The topological polar surface area (TPSA) is 49.4 Å². The van der Waals surface area contributed by atoms with Gasteiger partial charge in [-0.1, -0.05) is 0 Å². The van der Waals surface area contributed by atoms with Crippen LogP contribution in [0.2, 0.25) is 0 Å². The second-order valence-electron chi connectivity index (χ2n) is 0.954. The van der Waals surface area contributed by atoms with Gasteiger partial charge in [0.15, 0.2) is 0 Å². The van der Waals surface area contributed by atoms with Crippen LogP contribution in [-0.2, 0) is 9.09 Å². The quantitative estimate of drug-likeness (QED) is 0.296. The van der Waals surface area contributed by atoms with Gasteiger partial charge in [-0.2, -0.15) is 0 Å². The maximum absolute atomic E-state index is 9.81. The van der Waals surface area contributed by atoms with Gasteiger partial charge in [-0.15, -0.1) is 0 Å². The van der Waals surface area contributed by atoms with E-state index in [0.717, 1.165) is 13.8 Å². The second-order valence-corrected chi connectivity index (χ2v) is 2.86. The van der Waals surface area contributed by atoms with Crippen LogP contribution in [0.5, 0.6) is 0 Å². The average molecular weight is 148 g/mol. The van der Waals surface area contributed by atoms with Crippen LogP contribution in [0.3, 0.4) is 0 Å². The van der Waals surface area contributed by atoms with Gasteiger partial charge in [-0.25, -0.2) is 0 Å². The van der Waals surface area contributed by atoms with E-state index >= 15 is 0 Å². The molecule has 3 nitrogen and oxygen atoms in total. The van der Waals surface area contributed by atoms with Gasteiger partial charge in [0.25, 0.3) is 0 Å². The zero-order valence-electron chi connectivity index (χ0n) is 5.38. The Balaban J connectivity index is -0.000000125. The fraction of sp³-hybridized carbons (Fsp3) is 0.667. The molecule has 8 heavy (non-hydrogen) atoms. The summed E-state index contributed by atoms with van der Waals surface area (Å²) < 4.78 is 13.7. The van der Waals surface area contributed by atoms with Crippen molar-refractivity contribution in [3.8, 4) is 0 Å². The van der Waals surface area contributed by atoms with Crippen LogP contribution in [0.1, 0.15) is 0 Å². The Labute approximate surface area is 66.1 Å². The summed E-state index contributed by atoms with van der Waals surface area (Å²) in [5.41, 5.74) is 0. The van der Waals surface area contributed by atoms with E-state index < -0.39 is 7.60 Å². The van der Waals surface area contributed by atoms with E-state index in [4.69, 9.17) is 0 Å². The predicted molar refractivity (Wildman–Crippen MR) is 32.7 cm³/mol. The van der Waals surface area contributed by atoms with Gasteiger partial charge in [0.1, 0.15) is 7.60 Å².